The van der Waals surface area contributed by atoms with E-state index in [-0.39, 0.29) is 13.2 Å². The normalized spacial score (nSPS) is 23.0. The van der Waals surface area contributed by atoms with Crippen molar-refractivity contribution in [1.29, 1.82) is 0 Å². The van der Waals surface area contributed by atoms with Crippen LogP contribution < -0.4 is 5.32 Å². The Morgan fingerprint density at radius 2 is 1.56 bits per heavy atom. The zero-order valence-electron chi connectivity index (χ0n) is 12.0. The van der Waals surface area contributed by atoms with Crippen LogP contribution in [0, 0.1) is 10.8 Å². The van der Waals surface area contributed by atoms with E-state index < -0.39 is 11.0 Å². The van der Waals surface area contributed by atoms with E-state index >= 15 is 0 Å². The van der Waals surface area contributed by atoms with E-state index in [0.29, 0.717) is 18.5 Å². The standard InChI is InChI=1S/C14H29NO3/c1-12(2)4-6-14(18,7-5-12)9-15-8-13(3,10-16)11-17/h15-18H,4-11H2,1-3H3. The molecule has 0 heterocycles. The van der Waals surface area contributed by atoms with Crippen LogP contribution in [0.2, 0.25) is 0 Å². The minimum Gasteiger partial charge on any atom is -0.396 e. The molecule has 0 spiro atoms. The molecule has 0 aromatic heterocycles. The Kier molecular flexibility index (Phi) is 5.18. The summed E-state index contributed by atoms with van der Waals surface area (Å²) >= 11 is 0. The summed E-state index contributed by atoms with van der Waals surface area (Å²) in [5.41, 5.74) is -0.789. The molecule has 0 unspecified atom stereocenters. The molecular weight excluding hydrogens is 230 g/mol. The fourth-order valence-corrected chi connectivity index (χ4v) is 2.33. The zero-order valence-corrected chi connectivity index (χ0v) is 12.0. The molecule has 0 radical (unpaired) electrons. The highest BCUT2D eigenvalue weighted by atomic mass is 16.3. The van der Waals surface area contributed by atoms with E-state index in [1.807, 2.05) is 6.92 Å². The lowest BCUT2D eigenvalue weighted by molar-refractivity contribution is -0.0280. The van der Waals surface area contributed by atoms with Crippen LogP contribution in [0.5, 0.6) is 0 Å². The summed E-state index contributed by atoms with van der Waals surface area (Å²) in [6, 6.07) is 0. The van der Waals surface area contributed by atoms with Crippen molar-refractivity contribution in [2.24, 2.45) is 10.8 Å². The van der Waals surface area contributed by atoms with E-state index in [1.165, 1.54) is 0 Å². The van der Waals surface area contributed by atoms with Crippen LogP contribution in [0.4, 0.5) is 0 Å². The molecule has 0 aliphatic heterocycles. The molecule has 0 aromatic rings. The lowest BCUT2D eigenvalue weighted by atomic mass is 9.71. The van der Waals surface area contributed by atoms with Crippen molar-refractivity contribution in [3.05, 3.63) is 0 Å². The highest BCUT2D eigenvalue weighted by molar-refractivity contribution is 4.91. The van der Waals surface area contributed by atoms with Crippen LogP contribution in [0.25, 0.3) is 0 Å². The van der Waals surface area contributed by atoms with Gasteiger partial charge in [-0.25, -0.2) is 0 Å². The van der Waals surface area contributed by atoms with E-state index in [2.05, 4.69) is 19.2 Å². The third kappa shape index (κ3) is 4.50. The molecule has 4 nitrogen and oxygen atoms in total. The van der Waals surface area contributed by atoms with Crippen molar-refractivity contribution in [2.45, 2.75) is 52.1 Å². The van der Waals surface area contributed by atoms with E-state index in [4.69, 9.17) is 0 Å². The van der Waals surface area contributed by atoms with Crippen LogP contribution in [0.3, 0.4) is 0 Å². The topological polar surface area (TPSA) is 72.7 Å². The maximum Gasteiger partial charge on any atom is 0.0772 e. The molecule has 0 atom stereocenters. The van der Waals surface area contributed by atoms with Gasteiger partial charge in [0.1, 0.15) is 0 Å². The second kappa shape index (κ2) is 5.87. The van der Waals surface area contributed by atoms with Gasteiger partial charge in [0.25, 0.3) is 0 Å². The Morgan fingerprint density at radius 1 is 1.06 bits per heavy atom. The van der Waals surface area contributed by atoms with Gasteiger partial charge in [-0.15, -0.1) is 0 Å². The summed E-state index contributed by atoms with van der Waals surface area (Å²) in [5, 5.41) is 32.0. The summed E-state index contributed by atoms with van der Waals surface area (Å²) in [4.78, 5) is 0. The largest absolute Gasteiger partial charge is 0.396 e. The van der Waals surface area contributed by atoms with Gasteiger partial charge in [0.05, 0.1) is 18.8 Å². The van der Waals surface area contributed by atoms with Gasteiger partial charge in [0.15, 0.2) is 0 Å². The predicted molar refractivity (Wildman–Crippen MR) is 72.3 cm³/mol. The van der Waals surface area contributed by atoms with Crippen LogP contribution in [-0.2, 0) is 0 Å². The fourth-order valence-electron chi connectivity index (χ4n) is 2.33. The Labute approximate surface area is 110 Å². The third-order valence-electron chi connectivity index (χ3n) is 4.30. The number of aliphatic hydroxyl groups excluding tert-OH is 2. The summed E-state index contributed by atoms with van der Waals surface area (Å²) in [5.74, 6) is 0. The molecule has 1 rings (SSSR count). The van der Waals surface area contributed by atoms with Gasteiger partial charge in [-0.05, 0) is 31.1 Å². The van der Waals surface area contributed by atoms with E-state index in [1.54, 1.807) is 0 Å². The first kappa shape index (κ1) is 15.9. The maximum absolute atomic E-state index is 10.5. The molecule has 4 N–H and O–H groups in total. The molecular formula is C14H29NO3. The van der Waals surface area contributed by atoms with Crippen molar-refractivity contribution in [3.8, 4) is 0 Å². The smallest absolute Gasteiger partial charge is 0.0772 e. The van der Waals surface area contributed by atoms with Gasteiger partial charge in [-0.1, -0.05) is 20.8 Å². The van der Waals surface area contributed by atoms with Crippen molar-refractivity contribution in [2.75, 3.05) is 26.3 Å². The SMILES string of the molecule is CC1(C)CCC(O)(CNCC(C)(CO)CO)CC1. The van der Waals surface area contributed by atoms with E-state index in [0.717, 1.165) is 25.7 Å². The Bertz CT molecular complexity index is 252. The second-order valence-corrected chi connectivity index (χ2v) is 7.12. The van der Waals surface area contributed by atoms with Crippen molar-refractivity contribution in [1.82, 2.24) is 5.32 Å². The van der Waals surface area contributed by atoms with Crippen LogP contribution in [0.15, 0.2) is 0 Å². The molecule has 1 aliphatic rings. The van der Waals surface area contributed by atoms with E-state index in [9.17, 15) is 15.3 Å². The molecule has 108 valence electrons. The molecule has 1 aliphatic carbocycles. The van der Waals surface area contributed by atoms with Gasteiger partial charge in [0, 0.05) is 18.5 Å². The second-order valence-electron chi connectivity index (χ2n) is 7.12. The summed E-state index contributed by atoms with van der Waals surface area (Å²) in [6.07, 6.45) is 3.73. The number of hydrogen-bond acceptors (Lipinski definition) is 4. The molecule has 0 saturated heterocycles. The number of hydrogen-bond donors (Lipinski definition) is 4. The minimum atomic E-state index is -0.624. The number of rotatable bonds is 6. The molecule has 0 bridgehead atoms. The lowest BCUT2D eigenvalue weighted by Crippen LogP contribution is -2.48. The molecule has 1 saturated carbocycles. The van der Waals surface area contributed by atoms with Gasteiger partial charge in [-0.2, -0.15) is 0 Å². The van der Waals surface area contributed by atoms with Gasteiger partial charge in [0.2, 0.25) is 0 Å². The van der Waals surface area contributed by atoms with Gasteiger partial charge < -0.3 is 20.6 Å². The number of nitrogens with one attached hydrogen (secondary N) is 1. The average Bonchev–Trinajstić information content (AvgIpc) is 2.33. The van der Waals surface area contributed by atoms with Crippen molar-refractivity contribution in [3.63, 3.8) is 0 Å². The average molecular weight is 259 g/mol. The summed E-state index contributed by atoms with van der Waals surface area (Å²) in [7, 11) is 0. The van der Waals surface area contributed by atoms with Crippen LogP contribution in [0.1, 0.15) is 46.5 Å². The third-order valence-corrected chi connectivity index (χ3v) is 4.30. The molecule has 4 heteroatoms. The minimum absolute atomic E-state index is 0.0536. The van der Waals surface area contributed by atoms with Crippen molar-refractivity contribution < 1.29 is 15.3 Å². The molecule has 0 aromatic carbocycles. The van der Waals surface area contributed by atoms with Crippen LogP contribution in [-0.4, -0.2) is 47.2 Å². The first-order valence-electron chi connectivity index (χ1n) is 6.89. The maximum atomic E-state index is 10.5. The first-order chi connectivity index (χ1) is 8.24. The predicted octanol–water partition coefficient (Wildman–Crippen LogP) is 0.898. The molecule has 1 fully saturated rings. The summed E-state index contributed by atoms with van der Waals surface area (Å²) in [6.45, 7) is 7.27. The monoisotopic (exact) mass is 259 g/mol. The summed E-state index contributed by atoms with van der Waals surface area (Å²) < 4.78 is 0. The zero-order chi connectivity index (χ0) is 13.9. The Morgan fingerprint density at radius 3 is 2.00 bits per heavy atom. The van der Waals surface area contributed by atoms with Gasteiger partial charge in [-0.3, -0.25) is 0 Å². The quantitative estimate of drug-likeness (QED) is 0.572. The Hall–Kier alpha value is -0.160. The van der Waals surface area contributed by atoms with Crippen LogP contribution >= 0.6 is 0 Å². The first-order valence-corrected chi connectivity index (χ1v) is 6.89. The number of aliphatic hydroxyl groups is 3. The highest BCUT2D eigenvalue weighted by Gasteiger charge is 2.36. The molecule has 18 heavy (non-hydrogen) atoms. The lowest BCUT2D eigenvalue weighted by Gasteiger charge is -2.41. The Balaban J connectivity index is 2.35. The van der Waals surface area contributed by atoms with Crippen molar-refractivity contribution >= 4 is 0 Å². The van der Waals surface area contributed by atoms with Gasteiger partial charge >= 0.3 is 0 Å². The molecule has 0 amide bonds. The highest BCUT2D eigenvalue weighted by Crippen LogP contribution is 2.39. The fraction of sp³-hybridized carbons (Fsp3) is 1.00.